The smallest absolute Gasteiger partial charge is 0.253 e. The molecule has 1 amide bonds. The summed E-state index contributed by atoms with van der Waals surface area (Å²) in [5.41, 5.74) is 0.906. The third kappa shape index (κ3) is 3.82. The summed E-state index contributed by atoms with van der Waals surface area (Å²) in [4.78, 5) is 15.1. The standard InChI is InChI=1S/C16H21FN2O2/c1-10(20)7-16(2,3)9-19-15(21)13-8-18-14-6-11(17)4-5-12(13)14/h4-6,8,10,18,20H,7,9H2,1-3H3,(H,19,21). The van der Waals surface area contributed by atoms with Crippen LogP contribution in [-0.4, -0.2) is 28.6 Å². The summed E-state index contributed by atoms with van der Waals surface area (Å²) < 4.78 is 13.1. The van der Waals surface area contributed by atoms with Crippen molar-refractivity contribution in [1.29, 1.82) is 0 Å². The Labute approximate surface area is 123 Å². The van der Waals surface area contributed by atoms with Crippen LogP contribution in [0.4, 0.5) is 4.39 Å². The number of benzene rings is 1. The van der Waals surface area contributed by atoms with Gasteiger partial charge in [-0.2, -0.15) is 0 Å². The fourth-order valence-electron chi connectivity index (χ4n) is 2.57. The van der Waals surface area contributed by atoms with Crippen molar-refractivity contribution in [2.75, 3.05) is 6.54 Å². The van der Waals surface area contributed by atoms with Gasteiger partial charge in [-0.25, -0.2) is 4.39 Å². The van der Waals surface area contributed by atoms with E-state index in [9.17, 15) is 14.3 Å². The molecule has 0 aliphatic rings. The van der Waals surface area contributed by atoms with E-state index in [-0.39, 0.29) is 17.1 Å². The van der Waals surface area contributed by atoms with E-state index < -0.39 is 6.10 Å². The van der Waals surface area contributed by atoms with Gasteiger partial charge in [-0.15, -0.1) is 0 Å². The maximum atomic E-state index is 13.1. The zero-order valence-corrected chi connectivity index (χ0v) is 12.5. The maximum absolute atomic E-state index is 13.1. The summed E-state index contributed by atoms with van der Waals surface area (Å²) in [5, 5.41) is 13.0. The van der Waals surface area contributed by atoms with Gasteiger partial charge in [0.05, 0.1) is 11.7 Å². The number of fused-ring (bicyclic) bond motifs is 1. The summed E-state index contributed by atoms with van der Waals surface area (Å²) in [6.07, 6.45) is 1.78. The zero-order valence-electron chi connectivity index (χ0n) is 12.5. The molecule has 0 aliphatic heterocycles. The zero-order chi connectivity index (χ0) is 15.6. The molecule has 1 aromatic carbocycles. The lowest BCUT2D eigenvalue weighted by Gasteiger charge is -2.26. The second-order valence-electron chi connectivity index (χ2n) is 6.29. The summed E-state index contributed by atoms with van der Waals surface area (Å²) in [6, 6.07) is 4.30. The summed E-state index contributed by atoms with van der Waals surface area (Å²) in [6.45, 7) is 6.18. The van der Waals surface area contributed by atoms with Crippen LogP contribution in [0.15, 0.2) is 24.4 Å². The normalized spacial score (nSPS) is 13.4. The molecule has 0 fully saturated rings. The van der Waals surface area contributed by atoms with Crippen LogP contribution in [-0.2, 0) is 0 Å². The lowest BCUT2D eigenvalue weighted by Crippen LogP contribution is -2.35. The molecule has 0 saturated heterocycles. The molecule has 1 unspecified atom stereocenters. The number of carbonyl (C=O) groups excluding carboxylic acids is 1. The number of aromatic amines is 1. The SMILES string of the molecule is CC(O)CC(C)(C)CNC(=O)c1c[nH]c2cc(F)ccc12. The Morgan fingerprint density at radius 3 is 2.86 bits per heavy atom. The largest absolute Gasteiger partial charge is 0.393 e. The van der Waals surface area contributed by atoms with E-state index >= 15 is 0 Å². The van der Waals surface area contributed by atoms with Crippen molar-refractivity contribution in [2.45, 2.75) is 33.3 Å². The second kappa shape index (κ2) is 5.85. The summed E-state index contributed by atoms with van der Waals surface area (Å²) in [7, 11) is 0. The van der Waals surface area contributed by atoms with E-state index in [0.717, 1.165) is 0 Å². The van der Waals surface area contributed by atoms with Gasteiger partial charge >= 0.3 is 0 Å². The van der Waals surface area contributed by atoms with Crippen LogP contribution >= 0.6 is 0 Å². The number of hydrogen-bond donors (Lipinski definition) is 3. The predicted octanol–water partition coefficient (Wildman–Crippen LogP) is 2.83. The molecule has 0 bridgehead atoms. The maximum Gasteiger partial charge on any atom is 0.253 e. The van der Waals surface area contributed by atoms with Crippen molar-refractivity contribution in [3.63, 3.8) is 0 Å². The van der Waals surface area contributed by atoms with Crippen LogP contribution in [0.5, 0.6) is 0 Å². The summed E-state index contributed by atoms with van der Waals surface area (Å²) >= 11 is 0. The van der Waals surface area contributed by atoms with Gasteiger partial charge in [-0.1, -0.05) is 13.8 Å². The molecule has 1 atom stereocenters. The Hall–Kier alpha value is -1.88. The van der Waals surface area contributed by atoms with E-state index in [2.05, 4.69) is 10.3 Å². The molecule has 3 N–H and O–H groups in total. The number of rotatable bonds is 5. The summed E-state index contributed by atoms with van der Waals surface area (Å²) in [5.74, 6) is -0.541. The Kier molecular flexibility index (Phi) is 4.32. The van der Waals surface area contributed by atoms with Crippen LogP contribution in [0.2, 0.25) is 0 Å². The van der Waals surface area contributed by atoms with Crippen LogP contribution in [0.25, 0.3) is 10.9 Å². The van der Waals surface area contributed by atoms with Gasteiger partial charge in [-0.05, 0) is 37.0 Å². The monoisotopic (exact) mass is 292 g/mol. The quantitative estimate of drug-likeness (QED) is 0.793. The molecule has 0 aliphatic carbocycles. The highest BCUT2D eigenvalue weighted by Gasteiger charge is 2.22. The molecule has 0 radical (unpaired) electrons. The minimum absolute atomic E-state index is 0.192. The third-order valence-electron chi connectivity index (χ3n) is 3.46. The van der Waals surface area contributed by atoms with Gasteiger partial charge in [0, 0.05) is 23.6 Å². The first-order valence-electron chi connectivity index (χ1n) is 7.01. The molecular weight excluding hydrogens is 271 g/mol. The molecule has 114 valence electrons. The van der Waals surface area contributed by atoms with Gasteiger partial charge < -0.3 is 15.4 Å². The van der Waals surface area contributed by atoms with Crippen LogP contribution in [0, 0.1) is 11.2 Å². The number of aliphatic hydroxyl groups excluding tert-OH is 1. The average Bonchev–Trinajstić information content (AvgIpc) is 2.77. The molecule has 0 spiro atoms. The van der Waals surface area contributed by atoms with Crippen LogP contribution < -0.4 is 5.32 Å². The number of amides is 1. The number of carbonyl (C=O) groups is 1. The second-order valence-corrected chi connectivity index (χ2v) is 6.29. The van der Waals surface area contributed by atoms with Crippen molar-refractivity contribution >= 4 is 16.8 Å². The van der Waals surface area contributed by atoms with Gasteiger partial charge in [0.25, 0.3) is 5.91 Å². The first kappa shape index (κ1) is 15.5. The van der Waals surface area contributed by atoms with Gasteiger partial charge in [-0.3, -0.25) is 4.79 Å². The Morgan fingerprint density at radius 2 is 2.19 bits per heavy atom. The fourth-order valence-corrected chi connectivity index (χ4v) is 2.57. The molecule has 1 aromatic heterocycles. The molecular formula is C16H21FN2O2. The highest BCUT2D eigenvalue weighted by atomic mass is 19.1. The van der Waals surface area contributed by atoms with E-state index in [1.165, 1.54) is 12.1 Å². The first-order valence-corrected chi connectivity index (χ1v) is 7.01. The molecule has 2 aromatic rings. The topological polar surface area (TPSA) is 65.1 Å². The van der Waals surface area contributed by atoms with E-state index in [0.29, 0.717) is 29.4 Å². The third-order valence-corrected chi connectivity index (χ3v) is 3.46. The predicted molar refractivity (Wildman–Crippen MR) is 80.7 cm³/mol. The van der Waals surface area contributed by atoms with E-state index in [1.54, 1.807) is 19.2 Å². The molecule has 2 rings (SSSR count). The van der Waals surface area contributed by atoms with Crippen molar-refractivity contribution in [3.8, 4) is 0 Å². The van der Waals surface area contributed by atoms with Gasteiger partial charge in [0.15, 0.2) is 0 Å². The Morgan fingerprint density at radius 1 is 1.48 bits per heavy atom. The van der Waals surface area contributed by atoms with Crippen LogP contribution in [0.3, 0.4) is 0 Å². The van der Waals surface area contributed by atoms with E-state index in [4.69, 9.17) is 0 Å². The minimum atomic E-state index is -0.409. The fraction of sp³-hybridized carbons (Fsp3) is 0.438. The van der Waals surface area contributed by atoms with Gasteiger partial charge in [0.1, 0.15) is 5.82 Å². The molecule has 4 nitrogen and oxygen atoms in total. The molecule has 21 heavy (non-hydrogen) atoms. The van der Waals surface area contributed by atoms with E-state index in [1.807, 2.05) is 13.8 Å². The number of aromatic nitrogens is 1. The number of aliphatic hydroxyl groups is 1. The lowest BCUT2D eigenvalue weighted by molar-refractivity contribution is 0.0903. The van der Waals surface area contributed by atoms with Crippen molar-refractivity contribution in [3.05, 3.63) is 35.8 Å². The van der Waals surface area contributed by atoms with Crippen molar-refractivity contribution in [1.82, 2.24) is 10.3 Å². The Bertz CT molecular complexity index is 647. The Balaban J connectivity index is 2.09. The number of halogens is 1. The van der Waals surface area contributed by atoms with Crippen molar-refractivity contribution in [2.24, 2.45) is 5.41 Å². The molecule has 5 heteroatoms. The number of nitrogens with one attached hydrogen (secondary N) is 2. The molecule has 0 saturated carbocycles. The number of H-pyrrole nitrogens is 1. The highest BCUT2D eigenvalue weighted by molar-refractivity contribution is 6.06. The van der Waals surface area contributed by atoms with Gasteiger partial charge in [0.2, 0.25) is 0 Å². The van der Waals surface area contributed by atoms with Crippen LogP contribution in [0.1, 0.15) is 37.6 Å². The van der Waals surface area contributed by atoms with Crippen molar-refractivity contribution < 1.29 is 14.3 Å². The lowest BCUT2D eigenvalue weighted by atomic mass is 9.87. The molecule has 1 heterocycles. The number of hydrogen-bond acceptors (Lipinski definition) is 2. The first-order chi connectivity index (χ1) is 9.78. The minimum Gasteiger partial charge on any atom is -0.393 e. The average molecular weight is 292 g/mol. The highest BCUT2D eigenvalue weighted by Crippen LogP contribution is 2.22.